The van der Waals surface area contributed by atoms with Crippen LogP contribution in [0, 0.1) is 12.8 Å². The van der Waals surface area contributed by atoms with Crippen LogP contribution in [-0.4, -0.2) is 40.7 Å². The third-order valence-electron chi connectivity index (χ3n) is 7.96. The highest BCUT2D eigenvalue weighted by atomic mass is 16.5. The van der Waals surface area contributed by atoms with Crippen LogP contribution in [-0.2, 0) is 11.2 Å². The van der Waals surface area contributed by atoms with E-state index in [9.17, 15) is 14.7 Å². The molecule has 1 N–H and O–H groups in total. The van der Waals surface area contributed by atoms with Gasteiger partial charge in [-0.2, -0.15) is 0 Å². The molecule has 1 saturated carbocycles. The molecule has 1 aliphatic heterocycles. The number of hydrogen-bond acceptors (Lipinski definition) is 5. The van der Waals surface area contributed by atoms with Gasteiger partial charge in [-0.1, -0.05) is 46.0 Å². The van der Waals surface area contributed by atoms with Crippen LogP contribution in [0.4, 0.5) is 0 Å². The maximum atomic E-state index is 13.3. The molecular weight excluding hydrogens is 430 g/mol. The highest BCUT2D eigenvalue weighted by molar-refractivity contribution is 5.85. The van der Waals surface area contributed by atoms with Crippen LogP contribution in [0.25, 0.3) is 11.0 Å². The molecule has 4 rings (SSSR count). The molecule has 6 nitrogen and oxygen atoms in total. The van der Waals surface area contributed by atoms with Gasteiger partial charge in [0.2, 0.25) is 0 Å². The summed E-state index contributed by atoms with van der Waals surface area (Å²) < 4.78 is 11.5. The number of nitrogens with zero attached hydrogens (tertiary/aromatic N) is 1. The van der Waals surface area contributed by atoms with Crippen molar-refractivity contribution in [2.24, 2.45) is 5.92 Å². The van der Waals surface area contributed by atoms with Gasteiger partial charge in [0.1, 0.15) is 11.3 Å². The number of piperidine rings is 1. The molecule has 1 saturated heterocycles. The van der Waals surface area contributed by atoms with Crippen LogP contribution < -0.4 is 10.4 Å². The summed E-state index contributed by atoms with van der Waals surface area (Å²) >= 11 is 0. The van der Waals surface area contributed by atoms with Crippen molar-refractivity contribution in [2.75, 3.05) is 13.2 Å². The fourth-order valence-electron chi connectivity index (χ4n) is 6.15. The van der Waals surface area contributed by atoms with Crippen molar-refractivity contribution in [3.8, 4) is 5.75 Å². The zero-order chi connectivity index (χ0) is 24.3. The molecule has 0 spiro atoms. The Morgan fingerprint density at radius 1 is 1.24 bits per heavy atom. The van der Waals surface area contributed by atoms with Gasteiger partial charge in [-0.25, -0.2) is 4.79 Å². The fraction of sp³-hybridized carbons (Fsp3) is 0.643. The van der Waals surface area contributed by atoms with Crippen LogP contribution in [0.3, 0.4) is 0 Å². The number of carbonyl (C=O) groups is 1. The molecule has 1 aromatic heterocycles. The number of benzene rings is 1. The molecule has 0 unspecified atom stereocenters. The van der Waals surface area contributed by atoms with Crippen LogP contribution in [0.5, 0.6) is 5.75 Å². The van der Waals surface area contributed by atoms with E-state index in [1.165, 1.54) is 0 Å². The van der Waals surface area contributed by atoms with Crippen molar-refractivity contribution in [3.05, 3.63) is 39.7 Å². The van der Waals surface area contributed by atoms with Crippen molar-refractivity contribution in [1.82, 2.24) is 4.90 Å². The molecule has 2 aromatic rings. The maximum absolute atomic E-state index is 13.3. The number of unbranched alkanes of at least 4 members (excludes halogenated alkanes) is 1. The topological polar surface area (TPSA) is 80.0 Å². The molecule has 34 heavy (non-hydrogen) atoms. The minimum absolute atomic E-state index is 0.0330. The van der Waals surface area contributed by atoms with Crippen molar-refractivity contribution < 1.29 is 19.1 Å². The monoisotopic (exact) mass is 469 g/mol. The van der Waals surface area contributed by atoms with E-state index >= 15 is 0 Å². The number of aryl methyl sites for hydroxylation is 2. The Morgan fingerprint density at radius 3 is 2.82 bits per heavy atom. The first-order valence-corrected chi connectivity index (χ1v) is 13.1. The van der Waals surface area contributed by atoms with Gasteiger partial charge in [0.05, 0.1) is 5.60 Å². The predicted molar refractivity (Wildman–Crippen MR) is 133 cm³/mol. The van der Waals surface area contributed by atoms with Gasteiger partial charge in [0.25, 0.3) is 5.91 Å². The quantitative estimate of drug-likeness (QED) is 0.541. The smallest absolute Gasteiger partial charge is 0.336 e. The lowest BCUT2D eigenvalue weighted by molar-refractivity contribution is -0.157. The summed E-state index contributed by atoms with van der Waals surface area (Å²) in [6, 6.07) is 5.43. The van der Waals surface area contributed by atoms with Gasteiger partial charge in [-0.3, -0.25) is 4.79 Å². The second kappa shape index (κ2) is 10.5. The van der Waals surface area contributed by atoms with E-state index in [-0.39, 0.29) is 30.1 Å². The van der Waals surface area contributed by atoms with Gasteiger partial charge in [0, 0.05) is 35.5 Å². The van der Waals surface area contributed by atoms with Gasteiger partial charge in [-0.05, 0) is 56.7 Å². The number of fused-ring (bicyclic) bond motifs is 2. The maximum Gasteiger partial charge on any atom is 0.336 e. The number of hydrogen-bond donors (Lipinski definition) is 1. The second-order valence-electron chi connectivity index (χ2n) is 10.2. The van der Waals surface area contributed by atoms with Crippen molar-refractivity contribution in [1.29, 1.82) is 0 Å². The Balaban J connectivity index is 1.52. The number of likely N-dealkylation sites (tertiary alicyclic amines) is 1. The van der Waals surface area contributed by atoms with Crippen LogP contribution >= 0.6 is 0 Å². The lowest BCUT2D eigenvalue weighted by Gasteiger charge is -2.52. The predicted octanol–water partition coefficient (Wildman–Crippen LogP) is 5.15. The Hall–Kier alpha value is -2.34. The van der Waals surface area contributed by atoms with Gasteiger partial charge in [0.15, 0.2) is 6.61 Å². The first-order valence-electron chi connectivity index (χ1n) is 13.1. The number of ether oxygens (including phenoxy) is 1. The fourth-order valence-corrected chi connectivity index (χ4v) is 6.15. The largest absolute Gasteiger partial charge is 0.483 e. The van der Waals surface area contributed by atoms with E-state index < -0.39 is 5.60 Å². The van der Waals surface area contributed by atoms with Crippen molar-refractivity contribution in [2.45, 2.75) is 96.6 Å². The molecular formula is C28H39NO5. The number of rotatable bonds is 8. The highest BCUT2D eigenvalue weighted by Crippen LogP contribution is 2.44. The molecule has 1 amide bonds. The summed E-state index contributed by atoms with van der Waals surface area (Å²) in [4.78, 5) is 27.4. The molecule has 3 atom stereocenters. The van der Waals surface area contributed by atoms with Crippen molar-refractivity contribution in [3.63, 3.8) is 0 Å². The number of aliphatic hydroxyl groups is 1. The van der Waals surface area contributed by atoms with Gasteiger partial charge < -0.3 is 19.2 Å². The summed E-state index contributed by atoms with van der Waals surface area (Å²) in [5, 5.41) is 12.2. The summed E-state index contributed by atoms with van der Waals surface area (Å²) in [6.45, 7) is 6.64. The van der Waals surface area contributed by atoms with Crippen LogP contribution in [0.1, 0.15) is 82.8 Å². The average molecular weight is 470 g/mol. The third kappa shape index (κ3) is 4.88. The van der Waals surface area contributed by atoms with Crippen LogP contribution in [0.2, 0.25) is 0 Å². The minimum Gasteiger partial charge on any atom is -0.483 e. The van der Waals surface area contributed by atoms with Gasteiger partial charge in [-0.15, -0.1) is 0 Å². The first-order chi connectivity index (χ1) is 16.4. The number of amides is 1. The normalized spacial score (nSPS) is 24.8. The molecule has 1 aliphatic carbocycles. The first kappa shape index (κ1) is 24.8. The standard InChI is InChI=1S/C28H39NO5/c1-4-6-11-23-22-10-7-8-14-28(22,32)15-16-29(23)25(30)18-33-24-13-12-21-20(9-5-2)17-26(31)34-27(21)19(24)3/h12-13,17,22-23,32H,4-11,14-16,18H2,1-3H3/t22-,23+,28+/m0/s1. The van der Waals surface area contributed by atoms with E-state index in [0.717, 1.165) is 74.3 Å². The molecule has 6 heteroatoms. The Bertz CT molecular complexity index is 1080. The van der Waals surface area contributed by atoms with E-state index in [2.05, 4.69) is 13.8 Å². The Labute approximate surface area is 202 Å². The molecule has 2 fully saturated rings. The van der Waals surface area contributed by atoms with Crippen LogP contribution in [0.15, 0.2) is 27.4 Å². The number of carbonyl (C=O) groups excluding carboxylic acids is 1. The summed E-state index contributed by atoms with van der Waals surface area (Å²) in [6.07, 6.45) is 9.46. The molecule has 186 valence electrons. The molecule has 1 aromatic carbocycles. The Morgan fingerprint density at radius 2 is 2.06 bits per heavy atom. The van der Waals surface area contributed by atoms with E-state index in [1.54, 1.807) is 6.07 Å². The SMILES string of the molecule is CCCC[C@@H]1[C@@H]2CCCC[C@@]2(O)CCN1C(=O)COc1ccc2c(CCC)cc(=O)oc2c1C. The highest BCUT2D eigenvalue weighted by Gasteiger charge is 2.49. The molecule has 2 heterocycles. The van der Waals surface area contributed by atoms with E-state index in [4.69, 9.17) is 9.15 Å². The van der Waals surface area contributed by atoms with Crippen molar-refractivity contribution >= 4 is 16.9 Å². The minimum atomic E-state index is -0.628. The second-order valence-corrected chi connectivity index (χ2v) is 10.2. The lowest BCUT2D eigenvalue weighted by atomic mass is 9.66. The molecule has 0 bridgehead atoms. The van der Waals surface area contributed by atoms with E-state index in [1.807, 2.05) is 24.0 Å². The molecule has 0 radical (unpaired) electrons. The zero-order valence-electron chi connectivity index (χ0n) is 20.9. The Kier molecular flexibility index (Phi) is 7.66. The zero-order valence-corrected chi connectivity index (χ0v) is 20.9. The van der Waals surface area contributed by atoms with E-state index in [0.29, 0.717) is 24.3 Å². The molecule has 2 aliphatic rings. The summed E-state index contributed by atoms with van der Waals surface area (Å²) in [5.41, 5.74) is 1.26. The van der Waals surface area contributed by atoms with Gasteiger partial charge >= 0.3 is 5.63 Å². The summed E-state index contributed by atoms with van der Waals surface area (Å²) in [7, 11) is 0. The lowest BCUT2D eigenvalue weighted by Crippen LogP contribution is -2.61. The average Bonchev–Trinajstić information content (AvgIpc) is 2.82. The summed E-state index contributed by atoms with van der Waals surface area (Å²) in [5.74, 6) is 0.683. The third-order valence-corrected chi connectivity index (χ3v) is 7.96.